The number of nitrogens with zero attached hydrogens (tertiary/aromatic N) is 2. The number of carbonyl (C=O) groups excluding carboxylic acids is 2. The fraction of sp³-hybridized carbons (Fsp3) is 0.556. The molecule has 0 aliphatic carbocycles. The molecule has 3 amide bonds. The molecule has 1 saturated heterocycles. The van der Waals surface area contributed by atoms with Crippen molar-refractivity contribution in [3.63, 3.8) is 0 Å². The van der Waals surface area contributed by atoms with Crippen LogP contribution >= 0.6 is 0 Å². The Kier molecular flexibility index (Phi) is 4.74. The molecular weight excluding hydrogens is 322 g/mol. The van der Waals surface area contributed by atoms with Crippen molar-refractivity contribution in [1.82, 2.24) is 15.1 Å². The summed E-state index contributed by atoms with van der Waals surface area (Å²) in [5, 5.41) is 2.95. The Hall–Kier alpha value is -2.44. The summed E-state index contributed by atoms with van der Waals surface area (Å²) in [7, 11) is 0. The lowest BCUT2D eigenvalue weighted by atomic mass is 9.97. The van der Waals surface area contributed by atoms with Crippen LogP contribution in [0, 0.1) is 5.41 Å². The first-order valence-electron chi connectivity index (χ1n) is 8.55. The number of carbonyl (C=O) groups is 2. The summed E-state index contributed by atoms with van der Waals surface area (Å²) < 4.78 is 10.6. The van der Waals surface area contributed by atoms with Crippen molar-refractivity contribution >= 4 is 11.9 Å². The molecule has 3 rings (SSSR count). The van der Waals surface area contributed by atoms with Crippen LogP contribution in [0.4, 0.5) is 4.79 Å². The van der Waals surface area contributed by atoms with Crippen LogP contribution in [-0.4, -0.2) is 61.3 Å². The Morgan fingerprint density at radius 3 is 2.36 bits per heavy atom. The van der Waals surface area contributed by atoms with E-state index in [0.29, 0.717) is 49.8 Å². The van der Waals surface area contributed by atoms with E-state index >= 15 is 0 Å². The molecule has 2 heterocycles. The first-order valence-corrected chi connectivity index (χ1v) is 8.55. The third kappa shape index (κ3) is 4.15. The lowest BCUT2D eigenvalue weighted by Crippen LogP contribution is -2.53. The highest BCUT2D eigenvalue weighted by atomic mass is 16.7. The fourth-order valence-corrected chi connectivity index (χ4v) is 2.78. The van der Waals surface area contributed by atoms with Crippen molar-refractivity contribution in [2.75, 3.05) is 39.5 Å². The van der Waals surface area contributed by atoms with Crippen LogP contribution in [0.2, 0.25) is 0 Å². The molecule has 0 unspecified atom stereocenters. The lowest BCUT2D eigenvalue weighted by Gasteiger charge is -2.35. The maximum absolute atomic E-state index is 12.6. The number of amides is 3. The number of rotatable bonds is 2. The second-order valence-electron chi connectivity index (χ2n) is 7.57. The highest BCUT2D eigenvalue weighted by Crippen LogP contribution is 2.32. The highest BCUT2D eigenvalue weighted by Gasteiger charge is 2.26. The molecule has 0 aromatic heterocycles. The van der Waals surface area contributed by atoms with Crippen LogP contribution in [0.5, 0.6) is 11.5 Å². The Morgan fingerprint density at radius 2 is 1.68 bits per heavy atom. The van der Waals surface area contributed by atoms with E-state index in [1.165, 1.54) is 0 Å². The van der Waals surface area contributed by atoms with Gasteiger partial charge in [0.05, 0.1) is 0 Å². The first kappa shape index (κ1) is 17.4. The van der Waals surface area contributed by atoms with Gasteiger partial charge in [-0.25, -0.2) is 4.79 Å². The SMILES string of the molecule is CC(C)(C)CNC(=O)N1CCN(C(=O)c2ccc3c(c2)OCO3)CC1. The smallest absolute Gasteiger partial charge is 0.317 e. The minimum absolute atomic E-state index is 0.0481. The van der Waals surface area contributed by atoms with Crippen molar-refractivity contribution in [3.8, 4) is 11.5 Å². The Bertz CT molecular complexity index is 661. The summed E-state index contributed by atoms with van der Waals surface area (Å²) in [5.74, 6) is 1.22. The van der Waals surface area contributed by atoms with Gasteiger partial charge in [-0.05, 0) is 23.6 Å². The van der Waals surface area contributed by atoms with E-state index in [2.05, 4.69) is 26.1 Å². The number of urea groups is 1. The third-order valence-corrected chi connectivity index (χ3v) is 4.24. The van der Waals surface area contributed by atoms with Gasteiger partial charge in [0, 0.05) is 38.3 Å². The average molecular weight is 347 g/mol. The topological polar surface area (TPSA) is 71.1 Å². The first-order chi connectivity index (χ1) is 11.8. The minimum atomic E-state index is -0.0647. The minimum Gasteiger partial charge on any atom is -0.454 e. The van der Waals surface area contributed by atoms with E-state index in [4.69, 9.17) is 9.47 Å². The third-order valence-electron chi connectivity index (χ3n) is 4.24. The van der Waals surface area contributed by atoms with Gasteiger partial charge in [-0.15, -0.1) is 0 Å². The molecule has 1 aromatic carbocycles. The second kappa shape index (κ2) is 6.82. The molecule has 136 valence electrons. The Balaban J connectivity index is 1.53. The van der Waals surface area contributed by atoms with Gasteiger partial charge in [0.15, 0.2) is 11.5 Å². The largest absolute Gasteiger partial charge is 0.454 e. The normalized spacial score (nSPS) is 16.8. The van der Waals surface area contributed by atoms with Crippen LogP contribution in [0.1, 0.15) is 31.1 Å². The van der Waals surface area contributed by atoms with E-state index in [-0.39, 0.29) is 24.1 Å². The van der Waals surface area contributed by atoms with Crippen LogP contribution < -0.4 is 14.8 Å². The number of fused-ring (bicyclic) bond motifs is 1. The molecule has 2 aliphatic heterocycles. The molecule has 0 spiro atoms. The van der Waals surface area contributed by atoms with Gasteiger partial charge in [0.2, 0.25) is 6.79 Å². The van der Waals surface area contributed by atoms with E-state index in [1.807, 2.05) is 0 Å². The molecule has 25 heavy (non-hydrogen) atoms. The predicted octanol–water partition coefficient (Wildman–Crippen LogP) is 1.93. The maximum Gasteiger partial charge on any atom is 0.317 e. The summed E-state index contributed by atoms with van der Waals surface area (Å²) in [4.78, 5) is 28.4. The Labute approximate surface area is 147 Å². The summed E-state index contributed by atoms with van der Waals surface area (Å²) >= 11 is 0. The number of benzene rings is 1. The predicted molar refractivity (Wildman–Crippen MR) is 92.9 cm³/mol. The maximum atomic E-state index is 12.6. The van der Waals surface area contributed by atoms with Crippen LogP contribution in [0.15, 0.2) is 18.2 Å². The van der Waals surface area contributed by atoms with Crippen LogP contribution in [0.25, 0.3) is 0 Å². The van der Waals surface area contributed by atoms with Gasteiger partial charge in [-0.3, -0.25) is 4.79 Å². The molecule has 1 fully saturated rings. The van der Waals surface area contributed by atoms with E-state index in [0.717, 1.165) is 0 Å². The van der Waals surface area contributed by atoms with Gasteiger partial charge >= 0.3 is 6.03 Å². The number of piperazine rings is 1. The number of ether oxygens (including phenoxy) is 2. The van der Waals surface area contributed by atoms with Gasteiger partial charge in [0.1, 0.15) is 0 Å². The van der Waals surface area contributed by atoms with E-state index < -0.39 is 0 Å². The average Bonchev–Trinajstić information content (AvgIpc) is 3.06. The second-order valence-corrected chi connectivity index (χ2v) is 7.57. The summed E-state index contributed by atoms with van der Waals surface area (Å²) in [6.07, 6.45) is 0. The molecule has 0 saturated carbocycles. The quantitative estimate of drug-likeness (QED) is 0.887. The van der Waals surface area contributed by atoms with E-state index in [1.54, 1.807) is 28.0 Å². The molecule has 0 atom stereocenters. The zero-order valence-electron chi connectivity index (χ0n) is 15.0. The standard InChI is InChI=1S/C18H25N3O4/c1-18(2,3)11-19-17(23)21-8-6-20(7-9-21)16(22)13-4-5-14-15(10-13)25-12-24-14/h4-5,10H,6-9,11-12H2,1-3H3,(H,19,23). The molecule has 7 nitrogen and oxygen atoms in total. The number of hydrogen-bond donors (Lipinski definition) is 1. The van der Waals surface area contributed by atoms with Crippen LogP contribution in [-0.2, 0) is 0 Å². The lowest BCUT2D eigenvalue weighted by molar-refractivity contribution is 0.0663. The van der Waals surface area contributed by atoms with Crippen LogP contribution in [0.3, 0.4) is 0 Å². The summed E-state index contributed by atoms with van der Waals surface area (Å²) in [6.45, 7) is 9.17. The van der Waals surface area contributed by atoms with Crippen molar-refractivity contribution in [2.45, 2.75) is 20.8 Å². The summed E-state index contributed by atoms with van der Waals surface area (Å²) in [5.41, 5.74) is 0.627. The van der Waals surface area contributed by atoms with Crippen molar-refractivity contribution in [1.29, 1.82) is 0 Å². The highest BCUT2D eigenvalue weighted by molar-refractivity contribution is 5.95. The van der Waals surface area contributed by atoms with E-state index in [9.17, 15) is 9.59 Å². The fourth-order valence-electron chi connectivity index (χ4n) is 2.78. The molecule has 2 aliphatic rings. The molecular formula is C18H25N3O4. The van der Waals surface area contributed by atoms with Crippen molar-refractivity contribution in [3.05, 3.63) is 23.8 Å². The number of hydrogen-bond acceptors (Lipinski definition) is 4. The monoisotopic (exact) mass is 347 g/mol. The molecule has 0 bridgehead atoms. The summed E-state index contributed by atoms with van der Waals surface area (Å²) in [6, 6.07) is 5.15. The zero-order valence-corrected chi connectivity index (χ0v) is 15.0. The zero-order chi connectivity index (χ0) is 18.0. The number of nitrogens with one attached hydrogen (secondary N) is 1. The van der Waals surface area contributed by atoms with Gasteiger partial charge < -0.3 is 24.6 Å². The Morgan fingerprint density at radius 1 is 1.04 bits per heavy atom. The molecule has 1 N–H and O–H groups in total. The molecule has 7 heteroatoms. The van der Waals surface area contributed by atoms with Crippen molar-refractivity contribution in [2.24, 2.45) is 5.41 Å². The molecule has 1 aromatic rings. The van der Waals surface area contributed by atoms with Gasteiger partial charge in [0.25, 0.3) is 5.91 Å². The molecule has 0 radical (unpaired) electrons. The van der Waals surface area contributed by atoms with Gasteiger partial charge in [-0.1, -0.05) is 20.8 Å². The van der Waals surface area contributed by atoms with Crippen molar-refractivity contribution < 1.29 is 19.1 Å². The van der Waals surface area contributed by atoms with Gasteiger partial charge in [-0.2, -0.15) is 0 Å².